The second kappa shape index (κ2) is 6.45. The largest absolute Gasteiger partial charge is 0.330 e. The highest BCUT2D eigenvalue weighted by molar-refractivity contribution is 6.14. The van der Waals surface area contributed by atoms with Gasteiger partial charge in [-0.15, -0.1) is 0 Å². The van der Waals surface area contributed by atoms with Crippen molar-refractivity contribution in [2.45, 2.75) is 0 Å². The molecule has 0 aromatic carbocycles. The first-order valence-corrected chi connectivity index (χ1v) is 7.35. The Morgan fingerprint density at radius 3 is 2.50 bits per heavy atom. The molecule has 22 heavy (non-hydrogen) atoms. The molecule has 0 spiro atoms. The number of carbonyl (C=O) groups excluding carboxylic acids is 1. The normalized spacial score (nSPS) is 22.2. The molecule has 4 nitrogen and oxygen atoms in total. The van der Waals surface area contributed by atoms with Crippen LogP contribution in [0.2, 0.25) is 0 Å². The van der Waals surface area contributed by atoms with E-state index in [9.17, 15) is 4.79 Å². The average Bonchev–Trinajstić information content (AvgIpc) is 2.54. The number of aromatic nitrogens is 2. The van der Waals surface area contributed by atoms with E-state index in [2.05, 4.69) is 17.0 Å². The van der Waals surface area contributed by atoms with E-state index in [0.717, 1.165) is 35.4 Å². The second-order valence-corrected chi connectivity index (χ2v) is 5.60. The molecule has 110 valence electrons. The van der Waals surface area contributed by atoms with Gasteiger partial charge in [0.1, 0.15) is 13.1 Å². The SMILES string of the molecule is C[NH+]1CC(=Cc2cccnc2)C(=O)C(=Cc2ccc[nH+]c2)C1. The van der Waals surface area contributed by atoms with Gasteiger partial charge in [-0.2, -0.15) is 0 Å². The molecule has 1 fully saturated rings. The lowest BCUT2D eigenvalue weighted by atomic mass is 9.95. The highest BCUT2D eigenvalue weighted by Crippen LogP contribution is 2.14. The summed E-state index contributed by atoms with van der Waals surface area (Å²) in [5.74, 6) is 0.137. The number of likely N-dealkylation sites (N-methyl/N-ethyl adjacent to an activating group) is 1. The lowest BCUT2D eigenvalue weighted by Crippen LogP contribution is -3.10. The van der Waals surface area contributed by atoms with Crippen LogP contribution in [0.4, 0.5) is 0 Å². The van der Waals surface area contributed by atoms with Gasteiger partial charge in [-0.25, -0.2) is 4.98 Å². The summed E-state index contributed by atoms with van der Waals surface area (Å²) in [7, 11) is 2.11. The molecule has 0 radical (unpaired) electrons. The Kier molecular flexibility index (Phi) is 4.21. The van der Waals surface area contributed by atoms with Crippen LogP contribution in [0.15, 0.2) is 60.2 Å². The van der Waals surface area contributed by atoms with Crippen LogP contribution in [-0.2, 0) is 4.79 Å². The van der Waals surface area contributed by atoms with Gasteiger partial charge in [-0.05, 0) is 29.8 Å². The van der Waals surface area contributed by atoms with Crippen molar-refractivity contribution in [3.05, 3.63) is 71.3 Å². The number of nitrogens with zero attached hydrogens (tertiary/aromatic N) is 1. The number of piperidine rings is 1. The predicted octanol–water partition coefficient (Wildman–Crippen LogP) is 0.460. The fourth-order valence-corrected chi connectivity index (χ4v) is 2.67. The number of ketones is 1. The van der Waals surface area contributed by atoms with Crippen molar-refractivity contribution in [3.8, 4) is 0 Å². The quantitative estimate of drug-likeness (QED) is 0.818. The first-order valence-electron chi connectivity index (χ1n) is 7.35. The summed E-state index contributed by atoms with van der Waals surface area (Å²) in [4.78, 5) is 21.1. The fourth-order valence-electron chi connectivity index (χ4n) is 2.67. The lowest BCUT2D eigenvalue weighted by molar-refractivity contribution is -0.870. The molecule has 2 aromatic heterocycles. The van der Waals surface area contributed by atoms with Crippen molar-refractivity contribution in [2.24, 2.45) is 0 Å². The van der Waals surface area contributed by atoms with Crippen LogP contribution in [0.3, 0.4) is 0 Å². The van der Waals surface area contributed by atoms with Gasteiger partial charge in [-0.1, -0.05) is 6.07 Å². The van der Waals surface area contributed by atoms with E-state index in [4.69, 9.17) is 0 Å². The molecule has 4 heteroatoms. The van der Waals surface area contributed by atoms with E-state index < -0.39 is 0 Å². The minimum absolute atomic E-state index is 0.137. The van der Waals surface area contributed by atoms with Crippen LogP contribution in [0.1, 0.15) is 11.1 Å². The summed E-state index contributed by atoms with van der Waals surface area (Å²) in [6.07, 6.45) is 11.2. The van der Waals surface area contributed by atoms with Crippen molar-refractivity contribution in [2.75, 3.05) is 20.1 Å². The summed E-state index contributed by atoms with van der Waals surface area (Å²) in [5, 5.41) is 0. The molecule has 1 unspecified atom stereocenters. The minimum atomic E-state index is 0.137. The second-order valence-electron chi connectivity index (χ2n) is 5.60. The van der Waals surface area contributed by atoms with E-state index in [0.29, 0.717) is 0 Å². The number of hydrogen-bond acceptors (Lipinski definition) is 2. The van der Waals surface area contributed by atoms with Crippen molar-refractivity contribution in [3.63, 3.8) is 0 Å². The van der Waals surface area contributed by atoms with Crippen LogP contribution in [0.5, 0.6) is 0 Å². The van der Waals surface area contributed by atoms with E-state index in [1.165, 1.54) is 4.90 Å². The maximum Gasteiger partial charge on any atom is 0.196 e. The zero-order valence-electron chi connectivity index (χ0n) is 12.5. The molecule has 1 saturated heterocycles. The topological polar surface area (TPSA) is 48.5 Å². The maximum absolute atomic E-state index is 12.7. The molecule has 0 amide bonds. The predicted molar refractivity (Wildman–Crippen MR) is 84.8 cm³/mol. The number of aromatic amines is 1. The smallest absolute Gasteiger partial charge is 0.196 e. The summed E-state index contributed by atoms with van der Waals surface area (Å²) in [6, 6.07) is 7.77. The van der Waals surface area contributed by atoms with Gasteiger partial charge in [0.05, 0.1) is 18.2 Å². The standard InChI is InChI=1S/C18H17N3O/c1-21-12-16(8-14-4-2-6-19-10-14)18(22)17(13-21)9-15-5-3-7-20-11-15/h2-11H,12-13H2,1H3/p+2. The monoisotopic (exact) mass is 293 g/mol. The number of rotatable bonds is 2. The Balaban J connectivity index is 1.92. The third-order valence-electron chi connectivity index (χ3n) is 3.67. The number of hydrogen-bond donors (Lipinski definition) is 1. The molecule has 0 bridgehead atoms. The van der Waals surface area contributed by atoms with Crippen molar-refractivity contribution in [1.82, 2.24) is 4.98 Å². The van der Waals surface area contributed by atoms with Crippen LogP contribution in [0, 0.1) is 0 Å². The molecular weight excluding hydrogens is 274 g/mol. The van der Waals surface area contributed by atoms with Crippen LogP contribution >= 0.6 is 0 Å². The molecule has 2 aromatic rings. The summed E-state index contributed by atoms with van der Waals surface area (Å²) in [5.41, 5.74) is 3.66. The van der Waals surface area contributed by atoms with Gasteiger partial charge < -0.3 is 4.90 Å². The van der Waals surface area contributed by atoms with Crippen LogP contribution in [0.25, 0.3) is 12.2 Å². The van der Waals surface area contributed by atoms with Gasteiger partial charge in [0.25, 0.3) is 0 Å². The lowest BCUT2D eigenvalue weighted by Gasteiger charge is -2.23. The average molecular weight is 293 g/mol. The molecule has 2 N–H and O–H groups in total. The fraction of sp³-hybridized carbons (Fsp3) is 0.167. The molecule has 1 aliphatic heterocycles. The molecule has 3 rings (SSSR count). The first-order chi connectivity index (χ1) is 10.7. The van der Waals surface area contributed by atoms with E-state index >= 15 is 0 Å². The zero-order valence-corrected chi connectivity index (χ0v) is 12.5. The Bertz CT molecular complexity index is 659. The highest BCUT2D eigenvalue weighted by atomic mass is 16.1. The number of nitrogens with one attached hydrogen (secondary N) is 2. The molecule has 1 atom stereocenters. The number of H-pyrrole nitrogens is 1. The first kappa shape index (κ1) is 14.4. The number of carbonyl (C=O) groups is 1. The molecule has 1 aliphatic rings. The Hall–Kier alpha value is -2.59. The van der Waals surface area contributed by atoms with Gasteiger partial charge in [0, 0.05) is 24.0 Å². The maximum atomic E-state index is 12.7. The van der Waals surface area contributed by atoms with Crippen molar-refractivity contribution < 1.29 is 14.7 Å². The van der Waals surface area contributed by atoms with Gasteiger partial charge >= 0.3 is 0 Å². The van der Waals surface area contributed by atoms with Crippen molar-refractivity contribution >= 4 is 17.9 Å². The highest BCUT2D eigenvalue weighted by Gasteiger charge is 2.27. The molecule has 3 heterocycles. The van der Waals surface area contributed by atoms with E-state index in [1.807, 2.05) is 48.8 Å². The van der Waals surface area contributed by atoms with E-state index in [1.54, 1.807) is 12.4 Å². The molecular formula is C18H19N3O+2. The number of Topliss-reactive ketones (excluding diaryl/α,β-unsaturated/α-hetero) is 1. The Labute approximate surface area is 129 Å². The Morgan fingerprint density at radius 1 is 1.14 bits per heavy atom. The number of pyridine rings is 2. The van der Waals surface area contributed by atoms with Crippen LogP contribution in [-0.4, -0.2) is 30.9 Å². The number of likely N-dealkylation sites (tertiary alicyclic amines) is 1. The molecule has 0 saturated carbocycles. The van der Waals surface area contributed by atoms with Gasteiger partial charge in [0.2, 0.25) is 0 Å². The third-order valence-corrected chi connectivity index (χ3v) is 3.67. The van der Waals surface area contributed by atoms with Gasteiger partial charge in [-0.3, -0.25) is 9.78 Å². The Morgan fingerprint density at radius 2 is 1.86 bits per heavy atom. The summed E-state index contributed by atoms with van der Waals surface area (Å²) in [6.45, 7) is 1.49. The third kappa shape index (κ3) is 3.35. The number of quaternary nitrogens is 1. The molecule has 0 aliphatic carbocycles. The van der Waals surface area contributed by atoms with Crippen molar-refractivity contribution in [1.29, 1.82) is 0 Å². The van der Waals surface area contributed by atoms with Gasteiger partial charge in [0.15, 0.2) is 18.2 Å². The summed E-state index contributed by atoms with van der Waals surface area (Å²) < 4.78 is 0. The zero-order chi connectivity index (χ0) is 15.4. The van der Waals surface area contributed by atoms with E-state index in [-0.39, 0.29) is 5.78 Å². The van der Waals surface area contributed by atoms with Crippen LogP contribution < -0.4 is 9.88 Å². The minimum Gasteiger partial charge on any atom is -0.330 e. The summed E-state index contributed by atoms with van der Waals surface area (Å²) >= 11 is 0.